The van der Waals surface area contributed by atoms with Crippen LogP contribution in [0.15, 0.2) is 35.0 Å². The van der Waals surface area contributed by atoms with Gasteiger partial charge in [-0.05, 0) is 45.0 Å². The molecule has 1 N–H and O–H groups in total. The van der Waals surface area contributed by atoms with Crippen molar-refractivity contribution in [2.45, 2.75) is 39.8 Å². The molecular weight excluding hydrogens is 252 g/mol. The van der Waals surface area contributed by atoms with Crippen LogP contribution >= 0.6 is 0 Å². The van der Waals surface area contributed by atoms with E-state index in [2.05, 4.69) is 17.2 Å². The van der Waals surface area contributed by atoms with Gasteiger partial charge in [0.1, 0.15) is 17.3 Å². The highest BCUT2D eigenvalue weighted by molar-refractivity contribution is 5.58. The molecule has 0 saturated heterocycles. The van der Waals surface area contributed by atoms with Crippen molar-refractivity contribution < 1.29 is 9.15 Å². The molecule has 0 spiro atoms. The average Bonchev–Trinajstić information content (AvgIpc) is 2.87. The highest BCUT2D eigenvalue weighted by Gasteiger charge is 2.07. The molecule has 0 saturated carbocycles. The van der Waals surface area contributed by atoms with Crippen LogP contribution in [-0.2, 0) is 6.54 Å². The number of pyridine rings is 1. The molecule has 0 aliphatic carbocycles. The molecule has 4 heteroatoms. The summed E-state index contributed by atoms with van der Waals surface area (Å²) in [7, 11) is 0. The first-order valence-electron chi connectivity index (χ1n) is 7.10. The van der Waals surface area contributed by atoms with Crippen LogP contribution in [0.1, 0.15) is 33.0 Å². The van der Waals surface area contributed by atoms with Gasteiger partial charge in [0.05, 0.1) is 18.8 Å². The molecule has 0 atom stereocenters. The zero-order valence-electron chi connectivity index (χ0n) is 12.3. The largest absolute Gasteiger partial charge is 0.489 e. The molecule has 20 heavy (non-hydrogen) atoms. The summed E-state index contributed by atoms with van der Waals surface area (Å²) in [5, 5.41) is 3.32. The zero-order chi connectivity index (χ0) is 14.4. The summed E-state index contributed by atoms with van der Waals surface area (Å²) in [4.78, 5) is 4.20. The molecule has 0 radical (unpaired) electrons. The van der Waals surface area contributed by atoms with Gasteiger partial charge in [-0.15, -0.1) is 0 Å². The second-order valence-corrected chi connectivity index (χ2v) is 5.02. The van der Waals surface area contributed by atoms with E-state index in [1.165, 1.54) is 0 Å². The third-order valence-electron chi connectivity index (χ3n) is 2.76. The molecule has 2 aromatic rings. The first-order valence-corrected chi connectivity index (χ1v) is 7.10. The van der Waals surface area contributed by atoms with Gasteiger partial charge in [0.15, 0.2) is 0 Å². The van der Waals surface area contributed by atoms with Crippen molar-refractivity contribution in [2.24, 2.45) is 0 Å². The van der Waals surface area contributed by atoms with Gasteiger partial charge in [0.25, 0.3) is 0 Å². The summed E-state index contributed by atoms with van der Waals surface area (Å²) >= 11 is 0. The standard InChI is InChI=1S/C16H22N2O2/c1-4-7-17-10-14-5-6-16(20-14)13-8-15(11-18-9-13)19-12(2)3/h5-6,8-9,11-12,17H,4,7,10H2,1-3H3. The summed E-state index contributed by atoms with van der Waals surface area (Å²) < 4.78 is 11.5. The molecule has 0 amide bonds. The molecule has 108 valence electrons. The van der Waals surface area contributed by atoms with Crippen LogP contribution in [0, 0.1) is 0 Å². The van der Waals surface area contributed by atoms with E-state index in [1.807, 2.05) is 32.0 Å². The second kappa shape index (κ2) is 7.10. The molecule has 0 bridgehead atoms. The van der Waals surface area contributed by atoms with Gasteiger partial charge in [-0.25, -0.2) is 0 Å². The number of rotatable bonds is 7. The smallest absolute Gasteiger partial charge is 0.138 e. The van der Waals surface area contributed by atoms with Crippen LogP contribution in [0.25, 0.3) is 11.3 Å². The van der Waals surface area contributed by atoms with Gasteiger partial charge in [0.2, 0.25) is 0 Å². The molecule has 4 nitrogen and oxygen atoms in total. The van der Waals surface area contributed by atoms with E-state index in [0.29, 0.717) is 0 Å². The normalized spacial score (nSPS) is 11.0. The molecular formula is C16H22N2O2. The lowest BCUT2D eigenvalue weighted by molar-refractivity contribution is 0.241. The van der Waals surface area contributed by atoms with Gasteiger partial charge < -0.3 is 14.5 Å². The number of hydrogen-bond acceptors (Lipinski definition) is 4. The number of aromatic nitrogens is 1. The van der Waals surface area contributed by atoms with E-state index in [0.717, 1.165) is 42.3 Å². The number of nitrogens with one attached hydrogen (secondary N) is 1. The quantitative estimate of drug-likeness (QED) is 0.783. The third kappa shape index (κ3) is 4.10. The first-order chi connectivity index (χ1) is 9.69. The van der Waals surface area contributed by atoms with Crippen molar-refractivity contribution >= 4 is 0 Å². The van der Waals surface area contributed by atoms with E-state index in [-0.39, 0.29) is 6.10 Å². The van der Waals surface area contributed by atoms with Crippen LogP contribution in [0.3, 0.4) is 0 Å². The minimum absolute atomic E-state index is 0.137. The third-order valence-corrected chi connectivity index (χ3v) is 2.76. The molecule has 2 heterocycles. The molecule has 0 aliphatic rings. The van der Waals surface area contributed by atoms with Gasteiger partial charge in [-0.2, -0.15) is 0 Å². The Morgan fingerprint density at radius 1 is 1.30 bits per heavy atom. The number of hydrogen-bond donors (Lipinski definition) is 1. The molecule has 0 fully saturated rings. The fourth-order valence-electron chi connectivity index (χ4n) is 1.91. The molecule has 2 rings (SSSR count). The van der Waals surface area contributed by atoms with E-state index in [1.54, 1.807) is 12.4 Å². The summed E-state index contributed by atoms with van der Waals surface area (Å²) in [6.45, 7) is 7.89. The van der Waals surface area contributed by atoms with Crippen LogP contribution in [0.4, 0.5) is 0 Å². The Kier molecular flexibility index (Phi) is 5.18. The summed E-state index contributed by atoms with van der Waals surface area (Å²) in [6.07, 6.45) is 4.76. The van der Waals surface area contributed by atoms with Gasteiger partial charge in [-0.3, -0.25) is 4.98 Å². The van der Waals surface area contributed by atoms with E-state index >= 15 is 0 Å². The number of ether oxygens (including phenoxy) is 1. The van der Waals surface area contributed by atoms with Crippen LogP contribution < -0.4 is 10.1 Å². The minimum Gasteiger partial charge on any atom is -0.489 e. The Morgan fingerprint density at radius 3 is 2.90 bits per heavy atom. The fraction of sp³-hybridized carbons (Fsp3) is 0.438. The number of furan rings is 1. The van der Waals surface area contributed by atoms with Gasteiger partial charge in [0, 0.05) is 11.8 Å². The summed E-state index contributed by atoms with van der Waals surface area (Å²) in [5.41, 5.74) is 0.935. The van der Waals surface area contributed by atoms with Crippen molar-refractivity contribution in [2.75, 3.05) is 6.54 Å². The first kappa shape index (κ1) is 14.6. The van der Waals surface area contributed by atoms with Gasteiger partial charge in [-0.1, -0.05) is 6.92 Å². The fourth-order valence-corrected chi connectivity index (χ4v) is 1.91. The zero-order valence-corrected chi connectivity index (χ0v) is 12.3. The molecule has 2 aromatic heterocycles. The summed E-state index contributed by atoms with van der Waals surface area (Å²) in [6, 6.07) is 5.92. The predicted molar refractivity (Wildman–Crippen MR) is 79.7 cm³/mol. The van der Waals surface area contributed by atoms with E-state index in [9.17, 15) is 0 Å². The van der Waals surface area contributed by atoms with Crippen molar-refractivity contribution in [1.82, 2.24) is 10.3 Å². The highest BCUT2D eigenvalue weighted by Crippen LogP contribution is 2.25. The highest BCUT2D eigenvalue weighted by atomic mass is 16.5. The minimum atomic E-state index is 0.137. The Bertz CT molecular complexity index is 535. The lowest BCUT2D eigenvalue weighted by Crippen LogP contribution is -2.12. The maximum Gasteiger partial charge on any atom is 0.138 e. The molecule has 0 aromatic carbocycles. The second-order valence-electron chi connectivity index (χ2n) is 5.02. The predicted octanol–water partition coefficient (Wildman–Crippen LogP) is 3.63. The Labute approximate surface area is 120 Å². The SMILES string of the molecule is CCCNCc1ccc(-c2cncc(OC(C)C)c2)o1. The van der Waals surface area contributed by atoms with Crippen molar-refractivity contribution in [1.29, 1.82) is 0 Å². The van der Waals surface area contributed by atoms with E-state index < -0.39 is 0 Å². The van der Waals surface area contributed by atoms with Crippen molar-refractivity contribution in [3.63, 3.8) is 0 Å². The lowest BCUT2D eigenvalue weighted by Gasteiger charge is -2.09. The van der Waals surface area contributed by atoms with E-state index in [4.69, 9.17) is 9.15 Å². The topological polar surface area (TPSA) is 47.3 Å². The van der Waals surface area contributed by atoms with Crippen molar-refractivity contribution in [3.05, 3.63) is 36.4 Å². The Balaban J connectivity index is 2.07. The molecule has 0 aliphatic heterocycles. The molecule has 0 unspecified atom stereocenters. The Morgan fingerprint density at radius 2 is 2.15 bits per heavy atom. The van der Waals surface area contributed by atoms with Crippen LogP contribution in [0.5, 0.6) is 5.75 Å². The van der Waals surface area contributed by atoms with Crippen molar-refractivity contribution in [3.8, 4) is 17.1 Å². The summed E-state index contributed by atoms with van der Waals surface area (Å²) in [5.74, 6) is 2.52. The van der Waals surface area contributed by atoms with Crippen LogP contribution in [0.2, 0.25) is 0 Å². The maximum absolute atomic E-state index is 5.82. The number of nitrogens with zero attached hydrogens (tertiary/aromatic N) is 1. The van der Waals surface area contributed by atoms with Gasteiger partial charge >= 0.3 is 0 Å². The monoisotopic (exact) mass is 274 g/mol. The van der Waals surface area contributed by atoms with Crippen LogP contribution in [-0.4, -0.2) is 17.6 Å². The maximum atomic E-state index is 5.82. The lowest BCUT2D eigenvalue weighted by atomic mass is 10.2. The Hall–Kier alpha value is -1.81. The average molecular weight is 274 g/mol.